The molecule has 0 saturated heterocycles. The largest absolute Gasteiger partial charge is 0.416 e. The molecule has 0 fully saturated rings. The maximum atomic E-state index is 12.7. The van der Waals surface area contributed by atoms with Crippen molar-refractivity contribution in [3.63, 3.8) is 0 Å². The summed E-state index contributed by atoms with van der Waals surface area (Å²) in [7, 11) is 0. The van der Waals surface area contributed by atoms with E-state index < -0.39 is 11.7 Å². The maximum absolute atomic E-state index is 12.7. The van der Waals surface area contributed by atoms with Crippen LogP contribution in [0.1, 0.15) is 22.4 Å². The first-order valence-corrected chi connectivity index (χ1v) is 7.95. The molecular formula is C19H19F3N4. The van der Waals surface area contributed by atoms with Gasteiger partial charge in [0.1, 0.15) is 0 Å². The molecule has 5 N–H and O–H groups in total. The van der Waals surface area contributed by atoms with Crippen LogP contribution in [-0.4, -0.2) is 4.98 Å². The van der Waals surface area contributed by atoms with E-state index in [9.17, 15) is 13.2 Å². The van der Waals surface area contributed by atoms with Crippen LogP contribution in [0.5, 0.6) is 0 Å². The fourth-order valence-corrected chi connectivity index (χ4v) is 2.88. The summed E-state index contributed by atoms with van der Waals surface area (Å²) in [6.45, 7) is 4.00. The number of benzene rings is 2. The zero-order chi connectivity index (χ0) is 19.1. The Hall–Kier alpha value is -2.93. The van der Waals surface area contributed by atoms with E-state index in [1.165, 1.54) is 23.3 Å². The second-order valence-electron chi connectivity index (χ2n) is 6.10. The quantitative estimate of drug-likeness (QED) is 0.478. The Morgan fingerprint density at radius 1 is 1.08 bits per heavy atom. The van der Waals surface area contributed by atoms with Crippen LogP contribution in [0.25, 0.3) is 16.6 Å². The first kappa shape index (κ1) is 17.9. The molecular weight excluding hydrogens is 341 g/mol. The van der Waals surface area contributed by atoms with Crippen molar-refractivity contribution in [2.45, 2.75) is 20.0 Å². The number of hydrazine groups is 1. The molecule has 136 valence electrons. The summed E-state index contributed by atoms with van der Waals surface area (Å²) in [5.41, 5.74) is 9.73. The predicted molar refractivity (Wildman–Crippen MR) is 98.0 cm³/mol. The lowest BCUT2D eigenvalue weighted by Crippen LogP contribution is -2.29. The lowest BCUT2D eigenvalue weighted by molar-refractivity contribution is -0.137. The van der Waals surface area contributed by atoms with Gasteiger partial charge in [-0.15, -0.1) is 0 Å². The number of nitrogens with one attached hydrogen (secondary N) is 1. The molecule has 0 radical (unpaired) electrons. The van der Waals surface area contributed by atoms with Crippen molar-refractivity contribution in [3.05, 3.63) is 71.0 Å². The number of rotatable bonds is 3. The topological polar surface area (TPSA) is 71.1 Å². The Balaban J connectivity index is 1.97. The van der Waals surface area contributed by atoms with Crippen LogP contribution >= 0.6 is 0 Å². The standard InChI is InChI=1S/C19H19F3N4/c1-11-12(2)25-17-8-7-15(9-16(11)17)26(24)18(10-23)13-3-5-14(6-4-13)19(20,21)22/h3-10,25H,23-24H2,1-2H3/b18-10-. The number of halogens is 3. The Bertz CT molecular complexity index is 969. The summed E-state index contributed by atoms with van der Waals surface area (Å²) in [6, 6.07) is 10.4. The average molecular weight is 360 g/mol. The predicted octanol–water partition coefficient (Wildman–Crippen LogP) is 4.44. The van der Waals surface area contributed by atoms with E-state index in [0.717, 1.165) is 34.3 Å². The van der Waals surface area contributed by atoms with Crippen molar-refractivity contribution in [2.75, 3.05) is 5.01 Å². The molecule has 2 aromatic carbocycles. The lowest BCUT2D eigenvalue weighted by Gasteiger charge is -2.22. The minimum atomic E-state index is -4.39. The van der Waals surface area contributed by atoms with Crippen LogP contribution in [-0.2, 0) is 6.18 Å². The first-order chi connectivity index (χ1) is 12.2. The summed E-state index contributed by atoms with van der Waals surface area (Å²) in [5, 5.41) is 2.39. The molecule has 0 spiro atoms. The van der Waals surface area contributed by atoms with Gasteiger partial charge in [-0.2, -0.15) is 13.2 Å². The normalized spacial score (nSPS) is 12.6. The molecule has 4 nitrogen and oxygen atoms in total. The number of aromatic amines is 1. The molecule has 0 saturated carbocycles. The Labute approximate surface area is 148 Å². The first-order valence-electron chi connectivity index (χ1n) is 7.95. The van der Waals surface area contributed by atoms with Crippen molar-refractivity contribution in [3.8, 4) is 0 Å². The molecule has 0 unspecified atom stereocenters. The highest BCUT2D eigenvalue weighted by atomic mass is 19.4. The summed E-state index contributed by atoms with van der Waals surface area (Å²) in [6.07, 6.45) is -3.11. The van der Waals surface area contributed by atoms with Crippen LogP contribution in [0.4, 0.5) is 18.9 Å². The molecule has 7 heteroatoms. The number of alkyl halides is 3. The highest BCUT2D eigenvalue weighted by molar-refractivity contribution is 5.90. The van der Waals surface area contributed by atoms with E-state index in [4.69, 9.17) is 11.6 Å². The zero-order valence-electron chi connectivity index (χ0n) is 14.4. The van der Waals surface area contributed by atoms with Gasteiger partial charge in [0.15, 0.2) is 0 Å². The van der Waals surface area contributed by atoms with Crippen molar-refractivity contribution in [1.82, 2.24) is 4.98 Å². The van der Waals surface area contributed by atoms with Crippen molar-refractivity contribution >= 4 is 22.3 Å². The van der Waals surface area contributed by atoms with E-state index in [1.807, 2.05) is 32.0 Å². The van der Waals surface area contributed by atoms with Gasteiger partial charge in [-0.05, 0) is 49.7 Å². The summed E-state index contributed by atoms with van der Waals surface area (Å²) < 4.78 is 38.2. The third kappa shape index (κ3) is 3.13. The monoisotopic (exact) mass is 360 g/mol. The molecule has 1 heterocycles. The summed E-state index contributed by atoms with van der Waals surface area (Å²) in [5.74, 6) is 6.21. The fourth-order valence-electron chi connectivity index (χ4n) is 2.88. The third-order valence-corrected chi connectivity index (χ3v) is 4.50. The molecule has 0 atom stereocenters. The third-order valence-electron chi connectivity index (χ3n) is 4.50. The van der Waals surface area contributed by atoms with Gasteiger partial charge in [0, 0.05) is 28.4 Å². The number of nitrogens with zero attached hydrogens (tertiary/aromatic N) is 1. The fraction of sp³-hybridized carbons (Fsp3) is 0.158. The van der Waals surface area contributed by atoms with E-state index in [2.05, 4.69) is 4.98 Å². The second-order valence-corrected chi connectivity index (χ2v) is 6.10. The van der Waals surface area contributed by atoms with E-state index in [0.29, 0.717) is 16.9 Å². The molecule has 0 aliphatic rings. The van der Waals surface area contributed by atoms with Gasteiger partial charge in [-0.3, -0.25) is 5.01 Å². The molecule has 0 amide bonds. The minimum Gasteiger partial charge on any atom is -0.403 e. The number of fused-ring (bicyclic) bond motifs is 1. The molecule has 1 aromatic heterocycles. The number of hydrogen-bond acceptors (Lipinski definition) is 3. The Morgan fingerprint density at radius 2 is 1.73 bits per heavy atom. The van der Waals surface area contributed by atoms with E-state index in [-0.39, 0.29) is 0 Å². The average Bonchev–Trinajstić information content (AvgIpc) is 2.89. The van der Waals surface area contributed by atoms with Crippen molar-refractivity contribution in [2.24, 2.45) is 11.6 Å². The van der Waals surface area contributed by atoms with Crippen LogP contribution in [0.3, 0.4) is 0 Å². The highest BCUT2D eigenvalue weighted by Crippen LogP contribution is 2.32. The van der Waals surface area contributed by atoms with Gasteiger partial charge in [0.05, 0.1) is 16.9 Å². The van der Waals surface area contributed by atoms with Gasteiger partial charge in [0.25, 0.3) is 0 Å². The molecule has 0 aliphatic heterocycles. The van der Waals surface area contributed by atoms with Gasteiger partial charge >= 0.3 is 6.18 Å². The van der Waals surface area contributed by atoms with Crippen LogP contribution < -0.4 is 16.6 Å². The zero-order valence-corrected chi connectivity index (χ0v) is 14.4. The SMILES string of the molecule is Cc1[nH]c2ccc(N(N)/C(=C\N)c3ccc(C(F)(F)F)cc3)cc2c1C. The van der Waals surface area contributed by atoms with Gasteiger partial charge in [0.2, 0.25) is 0 Å². The Morgan fingerprint density at radius 3 is 2.31 bits per heavy atom. The summed E-state index contributed by atoms with van der Waals surface area (Å²) >= 11 is 0. The van der Waals surface area contributed by atoms with E-state index in [1.54, 1.807) is 0 Å². The van der Waals surface area contributed by atoms with Gasteiger partial charge < -0.3 is 10.7 Å². The number of nitrogens with two attached hydrogens (primary N) is 2. The van der Waals surface area contributed by atoms with E-state index >= 15 is 0 Å². The van der Waals surface area contributed by atoms with Crippen LogP contribution in [0.15, 0.2) is 48.7 Å². The number of hydrogen-bond donors (Lipinski definition) is 3. The maximum Gasteiger partial charge on any atom is 0.416 e. The molecule has 3 aromatic rings. The van der Waals surface area contributed by atoms with Gasteiger partial charge in [-0.25, -0.2) is 5.84 Å². The van der Waals surface area contributed by atoms with Gasteiger partial charge in [-0.1, -0.05) is 12.1 Å². The van der Waals surface area contributed by atoms with Crippen molar-refractivity contribution < 1.29 is 13.2 Å². The Kier molecular flexibility index (Phi) is 4.41. The smallest absolute Gasteiger partial charge is 0.403 e. The molecule has 26 heavy (non-hydrogen) atoms. The van der Waals surface area contributed by atoms with Crippen LogP contribution in [0.2, 0.25) is 0 Å². The molecule has 3 rings (SSSR count). The number of aryl methyl sites for hydroxylation is 2. The van der Waals surface area contributed by atoms with Crippen LogP contribution in [0, 0.1) is 13.8 Å². The highest BCUT2D eigenvalue weighted by Gasteiger charge is 2.30. The number of H-pyrrole nitrogens is 1. The number of aromatic nitrogens is 1. The number of anilines is 1. The molecule has 0 bridgehead atoms. The molecule has 0 aliphatic carbocycles. The lowest BCUT2D eigenvalue weighted by atomic mass is 10.1. The summed E-state index contributed by atoms with van der Waals surface area (Å²) in [4.78, 5) is 3.28. The minimum absolute atomic E-state index is 0.406. The van der Waals surface area contributed by atoms with Crippen molar-refractivity contribution in [1.29, 1.82) is 0 Å². The second kappa shape index (κ2) is 6.42.